The van der Waals surface area contributed by atoms with E-state index in [-0.39, 0.29) is 6.61 Å². The van der Waals surface area contributed by atoms with Crippen LogP contribution in [0, 0.1) is 0 Å². The van der Waals surface area contributed by atoms with E-state index in [0.29, 0.717) is 22.8 Å². The Morgan fingerprint density at radius 2 is 1.50 bits per heavy atom. The third kappa shape index (κ3) is 6.52. The predicted molar refractivity (Wildman–Crippen MR) is 93.8 cm³/mol. The van der Waals surface area contributed by atoms with Gasteiger partial charge in [-0.05, 0) is 54.1 Å². The maximum absolute atomic E-state index is 11.7. The smallest absolute Gasteiger partial charge is 0.341 e. The van der Waals surface area contributed by atoms with E-state index in [1.807, 2.05) is 0 Å². The van der Waals surface area contributed by atoms with Crippen LogP contribution in [0.25, 0.3) is 0 Å². The van der Waals surface area contributed by atoms with Crippen molar-refractivity contribution in [1.29, 1.82) is 0 Å². The number of carbonyl (C=O) groups is 2. The van der Waals surface area contributed by atoms with Gasteiger partial charge in [0.1, 0.15) is 17.2 Å². The van der Waals surface area contributed by atoms with E-state index in [1.165, 1.54) is 6.21 Å². The molecule has 0 bridgehead atoms. The molecular weight excluding hydrogens is 340 g/mol. The first-order valence-electron chi connectivity index (χ1n) is 7.60. The highest BCUT2D eigenvalue weighted by molar-refractivity contribution is 5.83. The summed E-state index contributed by atoms with van der Waals surface area (Å²) in [5.74, 6) is 0.225. The number of aliphatic carboxylic acids is 1. The number of carbonyl (C=O) groups excluding carboxylic acids is 1. The van der Waals surface area contributed by atoms with Crippen molar-refractivity contribution < 1.29 is 28.9 Å². The fourth-order valence-electron chi connectivity index (χ4n) is 1.83. The Morgan fingerprint density at radius 1 is 0.962 bits per heavy atom. The number of hydrazone groups is 1. The van der Waals surface area contributed by atoms with E-state index < -0.39 is 18.5 Å². The zero-order valence-electron chi connectivity index (χ0n) is 14.0. The maximum Gasteiger partial charge on any atom is 0.341 e. The Labute approximate surface area is 150 Å². The molecule has 0 fully saturated rings. The zero-order valence-corrected chi connectivity index (χ0v) is 14.0. The van der Waals surface area contributed by atoms with E-state index in [2.05, 4.69) is 10.5 Å². The molecule has 2 N–H and O–H groups in total. The molecule has 136 valence electrons. The van der Waals surface area contributed by atoms with Gasteiger partial charge in [-0.2, -0.15) is 5.10 Å². The van der Waals surface area contributed by atoms with Crippen molar-refractivity contribution in [3.63, 3.8) is 0 Å². The molecule has 0 saturated carbocycles. The first-order chi connectivity index (χ1) is 12.6. The van der Waals surface area contributed by atoms with Crippen molar-refractivity contribution in [3.8, 4) is 17.2 Å². The van der Waals surface area contributed by atoms with Crippen LogP contribution in [0.4, 0.5) is 0 Å². The zero-order chi connectivity index (χ0) is 18.8. The lowest BCUT2D eigenvalue weighted by Gasteiger charge is -2.06. The molecule has 0 radical (unpaired) electrons. The second kappa shape index (κ2) is 9.67. The third-order valence-corrected chi connectivity index (χ3v) is 3.07. The van der Waals surface area contributed by atoms with Crippen LogP contribution in [0.3, 0.4) is 0 Å². The standard InChI is InChI=1S/C18H18N2O6/c1-24-14-6-8-16(9-7-14)25-11-17(21)20-19-10-13-2-4-15(5-3-13)26-12-18(22)23/h2-10H,11-12H2,1H3,(H,20,21)(H,22,23)/b19-10+. The van der Waals surface area contributed by atoms with Crippen LogP contribution in [0.2, 0.25) is 0 Å². The van der Waals surface area contributed by atoms with Gasteiger partial charge in [0.15, 0.2) is 13.2 Å². The number of hydrogen-bond donors (Lipinski definition) is 2. The van der Waals surface area contributed by atoms with Crippen LogP contribution >= 0.6 is 0 Å². The molecule has 8 nitrogen and oxygen atoms in total. The number of amides is 1. The number of benzene rings is 2. The van der Waals surface area contributed by atoms with Crippen LogP contribution in [-0.2, 0) is 9.59 Å². The molecule has 1 amide bonds. The lowest BCUT2D eigenvalue weighted by Crippen LogP contribution is -2.24. The molecule has 2 rings (SSSR count). The number of hydrogen-bond acceptors (Lipinski definition) is 6. The second-order valence-electron chi connectivity index (χ2n) is 5.01. The molecule has 0 unspecified atom stereocenters. The van der Waals surface area contributed by atoms with Gasteiger partial charge in [-0.15, -0.1) is 0 Å². The minimum atomic E-state index is -1.05. The highest BCUT2D eigenvalue weighted by atomic mass is 16.5. The summed E-state index contributed by atoms with van der Waals surface area (Å²) in [4.78, 5) is 22.1. The second-order valence-corrected chi connectivity index (χ2v) is 5.01. The molecule has 0 aliphatic heterocycles. The minimum absolute atomic E-state index is 0.175. The molecular formula is C18H18N2O6. The first kappa shape index (κ1) is 18.8. The van der Waals surface area contributed by atoms with E-state index in [4.69, 9.17) is 19.3 Å². The van der Waals surface area contributed by atoms with Gasteiger partial charge in [-0.25, -0.2) is 10.2 Å². The van der Waals surface area contributed by atoms with Crippen molar-refractivity contribution in [2.75, 3.05) is 20.3 Å². The number of nitrogens with zero attached hydrogens (tertiary/aromatic N) is 1. The minimum Gasteiger partial charge on any atom is -0.497 e. The Balaban J connectivity index is 1.74. The first-order valence-corrected chi connectivity index (χ1v) is 7.60. The number of rotatable bonds is 9. The number of methoxy groups -OCH3 is 1. The predicted octanol–water partition coefficient (Wildman–Crippen LogP) is 1.69. The van der Waals surface area contributed by atoms with Crippen molar-refractivity contribution in [2.45, 2.75) is 0 Å². The highest BCUT2D eigenvalue weighted by Crippen LogP contribution is 2.16. The number of carboxylic acids is 1. The highest BCUT2D eigenvalue weighted by Gasteiger charge is 2.02. The largest absolute Gasteiger partial charge is 0.497 e. The van der Waals surface area contributed by atoms with Gasteiger partial charge < -0.3 is 19.3 Å². The molecule has 0 heterocycles. The van der Waals surface area contributed by atoms with Crippen LogP contribution in [0.5, 0.6) is 17.2 Å². The molecule has 0 atom stereocenters. The van der Waals surface area contributed by atoms with Gasteiger partial charge in [-0.1, -0.05) is 0 Å². The summed E-state index contributed by atoms with van der Waals surface area (Å²) in [5, 5.41) is 12.4. The summed E-state index contributed by atoms with van der Waals surface area (Å²) >= 11 is 0. The Bertz CT molecular complexity index is 756. The molecule has 0 aliphatic carbocycles. The number of carboxylic acid groups (broad SMARTS) is 1. The molecule has 2 aromatic rings. The monoisotopic (exact) mass is 358 g/mol. The van der Waals surface area contributed by atoms with Gasteiger partial charge in [0.05, 0.1) is 13.3 Å². The van der Waals surface area contributed by atoms with E-state index >= 15 is 0 Å². The van der Waals surface area contributed by atoms with Crippen molar-refractivity contribution in [2.24, 2.45) is 5.10 Å². The number of nitrogens with one attached hydrogen (secondary N) is 1. The molecule has 26 heavy (non-hydrogen) atoms. The molecule has 0 aliphatic rings. The Kier molecular flexibility index (Phi) is 6.99. The van der Waals surface area contributed by atoms with Crippen LogP contribution < -0.4 is 19.6 Å². The number of ether oxygens (including phenoxy) is 3. The summed E-state index contributed by atoms with van der Waals surface area (Å²) in [5.41, 5.74) is 3.06. The summed E-state index contributed by atoms with van der Waals surface area (Å²) in [7, 11) is 1.57. The van der Waals surface area contributed by atoms with Crippen molar-refractivity contribution in [1.82, 2.24) is 5.43 Å². The average Bonchev–Trinajstić information content (AvgIpc) is 2.66. The van der Waals surface area contributed by atoms with Crippen LogP contribution in [0.15, 0.2) is 53.6 Å². The third-order valence-electron chi connectivity index (χ3n) is 3.07. The van der Waals surface area contributed by atoms with Crippen molar-refractivity contribution >= 4 is 18.1 Å². The molecule has 2 aromatic carbocycles. The molecule has 0 saturated heterocycles. The summed E-state index contributed by atoms with van der Waals surface area (Å²) in [6.45, 7) is -0.580. The van der Waals surface area contributed by atoms with Gasteiger partial charge in [0.2, 0.25) is 0 Å². The normalized spacial score (nSPS) is 10.3. The fourth-order valence-corrected chi connectivity index (χ4v) is 1.83. The van der Waals surface area contributed by atoms with Gasteiger partial charge in [0.25, 0.3) is 5.91 Å². The van der Waals surface area contributed by atoms with E-state index in [1.54, 1.807) is 55.6 Å². The van der Waals surface area contributed by atoms with Gasteiger partial charge in [0, 0.05) is 0 Å². The summed E-state index contributed by atoms with van der Waals surface area (Å²) in [6.07, 6.45) is 1.45. The Hall–Kier alpha value is -3.55. The Morgan fingerprint density at radius 3 is 2.08 bits per heavy atom. The van der Waals surface area contributed by atoms with Crippen molar-refractivity contribution in [3.05, 3.63) is 54.1 Å². The summed E-state index contributed by atoms with van der Waals surface area (Å²) < 4.78 is 15.4. The average molecular weight is 358 g/mol. The summed E-state index contributed by atoms with van der Waals surface area (Å²) in [6, 6.07) is 13.4. The molecule has 0 aromatic heterocycles. The maximum atomic E-state index is 11.7. The lowest BCUT2D eigenvalue weighted by molar-refractivity contribution is -0.139. The molecule has 8 heteroatoms. The SMILES string of the molecule is COc1ccc(OCC(=O)N/N=C/c2ccc(OCC(=O)O)cc2)cc1. The lowest BCUT2D eigenvalue weighted by atomic mass is 10.2. The quantitative estimate of drug-likeness (QED) is 0.522. The van der Waals surface area contributed by atoms with Gasteiger partial charge >= 0.3 is 5.97 Å². The van der Waals surface area contributed by atoms with E-state index in [9.17, 15) is 9.59 Å². The molecule has 0 spiro atoms. The van der Waals surface area contributed by atoms with Crippen LogP contribution in [0.1, 0.15) is 5.56 Å². The van der Waals surface area contributed by atoms with Gasteiger partial charge in [-0.3, -0.25) is 4.79 Å². The van der Waals surface area contributed by atoms with E-state index in [0.717, 1.165) is 0 Å². The fraction of sp³-hybridized carbons (Fsp3) is 0.167. The topological polar surface area (TPSA) is 106 Å². The van der Waals surface area contributed by atoms with Crippen LogP contribution in [-0.4, -0.2) is 43.5 Å².